The van der Waals surface area contributed by atoms with E-state index in [1.807, 2.05) is 65.8 Å². The quantitative estimate of drug-likeness (QED) is 0.0967. The number of nitro benzene ring substituents is 1. The van der Waals surface area contributed by atoms with Gasteiger partial charge in [-0.05, 0) is 80.2 Å². The van der Waals surface area contributed by atoms with E-state index in [0.717, 1.165) is 28.3 Å². The number of pyridine rings is 1. The average molecular weight is 608 g/mol. The summed E-state index contributed by atoms with van der Waals surface area (Å²) in [5.74, 6) is 0.949. The van der Waals surface area contributed by atoms with Gasteiger partial charge in [-0.2, -0.15) is 0 Å². The number of nitro groups is 1. The summed E-state index contributed by atoms with van der Waals surface area (Å²) < 4.78 is 18.0. The minimum Gasteiger partial charge on any atom is -0.496 e. The molecule has 2 atom stereocenters. The van der Waals surface area contributed by atoms with Crippen LogP contribution >= 0.6 is 23.8 Å². The highest BCUT2D eigenvalue weighted by molar-refractivity contribution is 7.80. The van der Waals surface area contributed by atoms with Gasteiger partial charge in [-0.25, -0.2) is 0 Å². The Morgan fingerprint density at radius 1 is 1.10 bits per heavy atom. The molecule has 0 saturated carbocycles. The standard InChI is InChI=1S/C30H30ClN5O5S/c1-18-15-22(19(2)34(18)25-10-9-21(40-4)17-26(25)36(37)38)29-28(24-7-5-6-12-32-24)33-30(42)35(29)20-8-11-27(23(31)16-20)41-14-13-39-3/h5-12,15-17,28-29H,13-14H2,1-4H3,(H,33,42)/t28-,29+/m0/s1. The fraction of sp³-hybridized carbons (Fsp3) is 0.267. The topological polar surface area (TPSA) is 104 Å². The first kappa shape index (κ1) is 29.3. The van der Waals surface area contributed by atoms with Crippen molar-refractivity contribution in [3.05, 3.63) is 105 Å². The van der Waals surface area contributed by atoms with Crippen LogP contribution in [0.5, 0.6) is 11.5 Å². The molecule has 0 aliphatic carbocycles. The van der Waals surface area contributed by atoms with E-state index in [9.17, 15) is 10.1 Å². The maximum absolute atomic E-state index is 12.1. The van der Waals surface area contributed by atoms with Crippen LogP contribution in [0.25, 0.3) is 5.69 Å². The molecule has 218 valence electrons. The fourth-order valence-corrected chi connectivity index (χ4v) is 5.94. The molecule has 0 radical (unpaired) electrons. The van der Waals surface area contributed by atoms with E-state index in [1.54, 1.807) is 25.4 Å². The normalized spacial score (nSPS) is 16.4. The molecule has 0 unspecified atom stereocenters. The van der Waals surface area contributed by atoms with Gasteiger partial charge in [0.2, 0.25) is 0 Å². The van der Waals surface area contributed by atoms with Crippen LogP contribution in [0.2, 0.25) is 5.02 Å². The SMILES string of the molecule is COCCOc1ccc(N2C(=S)N[C@@H](c3ccccn3)[C@H]2c2cc(C)n(-c3ccc(OC)cc3[N+](=O)[O-])c2C)cc1Cl. The highest BCUT2D eigenvalue weighted by Gasteiger charge is 2.42. The number of nitrogens with one attached hydrogen (secondary N) is 1. The first-order valence-corrected chi connectivity index (χ1v) is 14.0. The van der Waals surface area contributed by atoms with Crippen LogP contribution < -0.4 is 19.7 Å². The molecular formula is C30H30ClN5O5S. The van der Waals surface area contributed by atoms with Crippen molar-refractivity contribution < 1.29 is 19.1 Å². The third-order valence-electron chi connectivity index (χ3n) is 7.25. The van der Waals surface area contributed by atoms with Crippen molar-refractivity contribution in [2.24, 2.45) is 0 Å². The molecule has 1 fully saturated rings. The Hall–Kier alpha value is -4.19. The number of rotatable bonds is 10. The summed E-state index contributed by atoms with van der Waals surface area (Å²) in [6.45, 7) is 4.68. The Morgan fingerprint density at radius 2 is 1.90 bits per heavy atom. The highest BCUT2D eigenvalue weighted by atomic mass is 35.5. The smallest absolute Gasteiger partial charge is 0.296 e. The lowest BCUT2D eigenvalue weighted by atomic mass is 9.96. The Morgan fingerprint density at radius 3 is 2.57 bits per heavy atom. The zero-order valence-corrected chi connectivity index (χ0v) is 25.1. The summed E-state index contributed by atoms with van der Waals surface area (Å²) in [5, 5.41) is 16.5. The highest BCUT2D eigenvalue weighted by Crippen LogP contribution is 2.45. The van der Waals surface area contributed by atoms with Crippen molar-refractivity contribution in [1.82, 2.24) is 14.9 Å². The summed E-state index contributed by atoms with van der Waals surface area (Å²) in [6, 6.07) is 17.5. The van der Waals surface area contributed by atoms with Crippen LogP contribution in [0.15, 0.2) is 66.9 Å². The first-order chi connectivity index (χ1) is 20.2. The molecule has 1 saturated heterocycles. The third-order valence-corrected chi connectivity index (χ3v) is 7.86. The molecular weight excluding hydrogens is 578 g/mol. The molecule has 42 heavy (non-hydrogen) atoms. The summed E-state index contributed by atoms with van der Waals surface area (Å²) in [6.07, 6.45) is 1.74. The largest absolute Gasteiger partial charge is 0.496 e. The van der Waals surface area contributed by atoms with Gasteiger partial charge in [-0.3, -0.25) is 15.1 Å². The van der Waals surface area contributed by atoms with Crippen LogP contribution in [0.3, 0.4) is 0 Å². The Balaban J connectivity index is 1.64. The van der Waals surface area contributed by atoms with E-state index in [1.165, 1.54) is 13.2 Å². The molecule has 1 aliphatic rings. The summed E-state index contributed by atoms with van der Waals surface area (Å²) >= 11 is 12.5. The molecule has 5 rings (SSSR count). The number of hydrogen-bond acceptors (Lipinski definition) is 7. The second-order valence-corrected chi connectivity index (χ2v) is 10.5. The Labute approximate surface area is 253 Å². The maximum Gasteiger partial charge on any atom is 0.296 e. The van der Waals surface area contributed by atoms with E-state index in [-0.39, 0.29) is 17.8 Å². The summed E-state index contributed by atoms with van der Waals surface area (Å²) in [5.41, 5.74) is 4.53. The minimum atomic E-state index is -0.399. The molecule has 3 heterocycles. The van der Waals surface area contributed by atoms with Crippen molar-refractivity contribution in [3.8, 4) is 17.2 Å². The van der Waals surface area contributed by atoms with Crippen LogP contribution in [0.4, 0.5) is 11.4 Å². The van der Waals surface area contributed by atoms with Gasteiger partial charge in [-0.15, -0.1) is 0 Å². The lowest BCUT2D eigenvalue weighted by Gasteiger charge is -2.28. The van der Waals surface area contributed by atoms with Crippen molar-refractivity contribution in [3.63, 3.8) is 0 Å². The van der Waals surface area contributed by atoms with E-state index in [0.29, 0.717) is 40.5 Å². The molecule has 0 spiro atoms. The Bertz CT molecular complexity index is 1630. The number of thiocarbonyl (C=S) groups is 1. The van der Waals surface area contributed by atoms with E-state index in [4.69, 9.17) is 38.0 Å². The molecule has 0 bridgehead atoms. The summed E-state index contributed by atoms with van der Waals surface area (Å²) in [4.78, 5) is 18.3. The number of nitrogens with zero attached hydrogens (tertiary/aromatic N) is 4. The van der Waals surface area contributed by atoms with Crippen molar-refractivity contribution >= 4 is 40.3 Å². The van der Waals surface area contributed by atoms with Gasteiger partial charge in [0.05, 0.1) is 47.5 Å². The third kappa shape index (κ3) is 5.50. The van der Waals surface area contributed by atoms with Gasteiger partial charge in [0.25, 0.3) is 5.69 Å². The lowest BCUT2D eigenvalue weighted by Crippen LogP contribution is -2.29. The van der Waals surface area contributed by atoms with Crippen LogP contribution in [0.1, 0.15) is 34.7 Å². The summed E-state index contributed by atoms with van der Waals surface area (Å²) in [7, 11) is 3.09. The van der Waals surface area contributed by atoms with Crippen molar-refractivity contribution in [2.45, 2.75) is 25.9 Å². The van der Waals surface area contributed by atoms with Crippen molar-refractivity contribution in [2.75, 3.05) is 32.3 Å². The van der Waals surface area contributed by atoms with E-state index >= 15 is 0 Å². The molecule has 0 amide bonds. The van der Waals surface area contributed by atoms with E-state index < -0.39 is 4.92 Å². The number of halogens is 1. The monoisotopic (exact) mass is 607 g/mol. The zero-order valence-electron chi connectivity index (χ0n) is 23.5. The molecule has 1 N–H and O–H groups in total. The first-order valence-electron chi connectivity index (χ1n) is 13.2. The predicted molar refractivity (Wildman–Crippen MR) is 165 cm³/mol. The number of hydrogen-bond donors (Lipinski definition) is 1. The molecule has 12 heteroatoms. The number of aromatic nitrogens is 2. The fourth-order valence-electron chi connectivity index (χ4n) is 5.36. The van der Waals surface area contributed by atoms with Gasteiger partial charge in [0.1, 0.15) is 23.8 Å². The van der Waals surface area contributed by atoms with Gasteiger partial charge >= 0.3 is 0 Å². The maximum atomic E-state index is 12.1. The van der Waals surface area contributed by atoms with Gasteiger partial charge < -0.3 is 29.0 Å². The molecule has 2 aromatic heterocycles. The van der Waals surface area contributed by atoms with Crippen LogP contribution in [-0.4, -0.2) is 47.0 Å². The number of ether oxygens (including phenoxy) is 3. The van der Waals surface area contributed by atoms with Gasteiger partial charge in [0.15, 0.2) is 5.11 Å². The minimum absolute atomic E-state index is 0.0586. The number of aryl methyl sites for hydroxylation is 1. The average Bonchev–Trinajstić information content (AvgIpc) is 3.48. The van der Waals surface area contributed by atoms with Crippen LogP contribution in [-0.2, 0) is 4.74 Å². The number of anilines is 1. The second kappa shape index (κ2) is 12.4. The van der Waals surface area contributed by atoms with Crippen molar-refractivity contribution in [1.29, 1.82) is 0 Å². The van der Waals surface area contributed by atoms with Gasteiger partial charge in [0, 0.05) is 30.4 Å². The van der Waals surface area contributed by atoms with Gasteiger partial charge in [-0.1, -0.05) is 17.7 Å². The number of benzene rings is 2. The molecule has 2 aromatic carbocycles. The Kier molecular flexibility index (Phi) is 8.62. The lowest BCUT2D eigenvalue weighted by molar-refractivity contribution is -0.384. The van der Waals surface area contributed by atoms with Crippen LogP contribution in [0, 0.1) is 24.0 Å². The number of methoxy groups -OCH3 is 2. The molecule has 10 nitrogen and oxygen atoms in total. The van der Waals surface area contributed by atoms with E-state index in [2.05, 4.69) is 10.3 Å². The zero-order chi connectivity index (χ0) is 30.0. The molecule has 1 aliphatic heterocycles. The second-order valence-electron chi connectivity index (χ2n) is 9.73. The predicted octanol–water partition coefficient (Wildman–Crippen LogP) is 6.26. The molecule has 4 aromatic rings.